The number of nitrogens with zero attached hydrogens (tertiary/aromatic N) is 3. The molecule has 0 saturated heterocycles. The molecule has 0 aliphatic heterocycles. The van der Waals surface area contributed by atoms with Gasteiger partial charge in [0, 0.05) is 41.6 Å². The van der Waals surface area contributed by atoms with E-state index in [-0.39, 0.29) is 0 Å². The van der Waals surface area contributed by atoms with Crippen molar-refractivity contribution in [3.63, 3.8) is 0 Å². The summed E-state index contributed by atoms with van der Waals surface area (Å²) >= 11 is 0. The highest BCUT2D eigenvalue weighted by Gasteiger charge is 2.09. The van der Waals surface area contributed by atoms with Crippen LogP contribution in [0.3, 0.4) is 0 Å². The molecule has 7 nitrogen and oxygen atoms in total. The Balaban J connectivity index is 1.95. The van der Waals surface area contributed by atoms with Crippen molar-refractivity contribution in [1.82, 2.24) is 14.5 Å². The number of rotatable bonds is 5. The maximum Gasteiger partial charge on any atom is 0.229 e. The normalized spacial score (nSPS) is 11.2. The maximum absolute atomic E-state index is 11.3. The second-order valence-electron chi connectivity index (χ2n) is 5.13. The number of benzene rings is 1. The number of imidazole rings is 1. The summed E-state index contributed by atoms with van der Waals surface area (Å²) in [6.07, 6.45) is 6.31. The van der Waals surface area contributed by atoms with Crippen LogP contribution in [0.4, 0.5) is 5.69 Å². The minimum Gasteiger partial charge on any atom is -0.481 e. The number of nitrogens with one attached hydrogen (secondary N) is 1. The first-order chi connectivity index (χ1) is 11.5. The highest BCUT2D eigenvalue weighted by Crippen LogP contribution is 2.24. The van der Waals surface area contributed by atoms with Crippen molar-refractivity contribution in [3.05, 3.63) is 55.0 Å². The third-order valence-corrected chi connectivity index (χ3v) is 3.90. The van der Waals surface area contributed by atoms with Crippen LogP contribution in [0.5, 0.6) is 5.88 Å². The van der Waals surface area contributed by atoms with E-state index in [2.05, 4.69) is 14.7 Å². The smallest absolute Gasteiger partial charge is 0.229 e. The minimum absolute atomic E-state index is 0.508. The summed E-state index contributed by atoms with van der Waals surface area (Å²) in [6.45, 7) is 0. The molecule has 0 amide bonds. The van der Waals surface area contributed by atoms with Crippen molar-refractivity contribution in [1.29, 1.82) is 0 Å². The zero-order chi connectivity index (χ0) is 17.2. The summed E-state index contributed by atoms with van der Waals surface area (Å²) in [7, 11) is -1.73. The molecule has 3 rings (SSSR count). The molecule has 24 heavy (non-hydrogen) atoms. The summed E-state index contributed by atoms with van der Waals surface area (Å²) in [4.78, 5) is 8.48. The monoisotopic (exact) mass is 344 g/mol. The summed E-state index contributed by atoms with van der Waals surface area (Å²) in [5, 5.41) is 0. The number of hydrogen-bond donors (Lipinski definition) is 1. The molecule has 0 saturated carbocycles. The van der Waals surface area contributed by atoms with Crippen LogP contribution in [0.15, 0.2) is 55.0 Å². The SMILES string of the molecule is COc1cc(-c2nccn2-c2ccc(NS(C)(=O)=O)cc2)ccn1. The number of pyridine rings is 1. The van der Waals surface area contributed by atoms with Crippen LogP contribution in [-0.2, 0) is 10.0 Å². The van der Waals surface area contributed by atoms with E-state index in [4.69, 9.17) is 4.74 Å². The topological polar surface area (TPSA) is 86.1 Å². The number of anilines is 1. The van der Waals surface area contributed by atoms with Crippen LogP contribution in [0.25, 0.3) is 17.1 Å². The van der Waals surface area contributed by atoms with Crippen molar-refractivity contribution in [3.8, 4) is 23.0 Å². The van der Waals surface area contributed by atoms with E-state index in [1.54, 1.807) is 37.7 Å². The number of sulfonamides is 1. The van der Waals surface area contributed by atoms with Gasteiger partial charge in [0.1, 0.15) is 5.82 Å². The van der Waals surface area contributed by atoms with Gasteiger partial charge in [-0.15, -0.1) is 0 Å². The Morgan fingerprint density at radius 3 is 2.50 bits per heavy atom. The molecule has 2 aromatic heterocycles. The Hall–Kier alpha value is -2.87. The van der Waals surface area contributed by atoms with E-state index < -0.39 is 10.0 Å². The molecule has 1 aromatic carbocycles. The zero-order valence-electron chi connectivity index (χ0n) is 13.2. The van der Waals surface area contributed by atoms with Gasteiger partial charge in [0.2, 0.25) is 15.9 Å². The molecule has 0 aliphatic rings. The van der Waals surface area contributed by atoms with Gasteiger partial charge in [-0.1, -0.05) is 0 Å². The fourth-order valence-electron chi connectivity index (χ4n) is 2.29. The van der Waals surface area contributed by atoms with Gasteiger partial charge >= 0.3 is 0 Å². The molecule has 0 atom stereocenters. The summed E-state index contributed by atoms with van der Waals surface area (Å²) in [6, 6.07) is 10.7. The van der Waals surface area contributed by atoms with Crippen molar-refractivity contribution >= 4 is 15.7 Å². The first-order valence-corrected chi connectivity index (χ1v) is 8.97. The summed E-state index contributed by atoms with van der Waals surface area (Å²) < 4.78 is 32.0. The zero-order valence-corrected chi connectivity index (χ0v) is 14.0. The fraction of sp³-hybridized carbons (Fsp3) is 0.125. The van der Waals surface area contributed by atoms with E-state index in [9.17, 15) is 8.42 Å². The molecule has 2 heterocycles. The quantitative estimate of drug-likeness (QED) is 0.767. The Morgan fingerprint density at radius 1 is 1.08 bits per heavy atom. The third-order valence-electron chi connectivity index (χ3n) is 3.29. The van der Waals surface area contributed by atoms with Crippen LogP contribution in [0, 0.1) is 0 Å². The van der Waals surface area contributed by atoms with E-state index >= 15 is 0 Å². The lowest BCUT2D eigenvalue weighted by atomic mass is 10.2. The molecule has 3 aromatic rings. The Kier molecular flexibility index (Phi) is 4.22. The second-order valence-corrected chi connectivity index (χ2v) is 6.88. The highest BCUT2D eigenvalue weighted by atomic mass is 32.2. The summed E-state index contributed by atoms with van der Waals surface area (Å²) in [5.74, 6) is 1.24. The second kappa shape index (κ2) is 6.32. The lowest BCUT2D eigenvalue weighted by Crippen LogP contribution is -2.09. The van der Waals surface area contributed by atoms with Gasteiger partial charge in [-0.3, -0.25) is 9.29 Å². The molecule has 124 valence electrons. The lowest BCUT2D eigenvalue weighted by molar-refractivity contribution is 0.398. The van der Waals surface area contributed by atoms with Gasteiger partial charge in [0.25, 0.3) is 0 Å². The van der Waals surface area contributed by atoms with Gasteiger partial charge in [0.05, 0.1) is 13.4 Å². The molecule has 0 spiro atoms. The predicted octanol–water partition coefficient (Wildman–Crippen LogP) is 2.31. The predicted molar refractivity (Wildman–Crippen MR) is 91.8 cm³/mol. The van der Waals surface area contributed by atoms with E-state index in [0.29, 0.717) is 11.6 Å². The Labute approximate surface area is 140 Å². The Morgan fingerprint density at radius 2 is 1.83 bits per heavy atom. The van der Waals surface area contributed by atoms with Crippen LogP contribution >= 0.6 is 0 Å². The highest BCUT2D eigenvalue weighted by molar-refractivity contribution is 7.92. The molecule has 8 heteroatoms. The number of ether oxygens (including phenoxy) is 1. The van der Waals surface area contributed by atoms with Crippen molar-refractivity contribution in [2.24, 2.45) is 0 Å². The molecule has 0 bridgehead atoms. The molecule has 0 fully saturated rings. The molecular weight excluding hydrogens is 328 g/mol. The van der Waals surface area contributed by atoms with Crippen molar-refractivity contribution < 1.29 is 13.2 Å². The van der Waals surface area contributed by atoms with E-state index in [1.165, 1.54) is 0 Å². The van der Waals surface area contributed by atoms with Gasteiger partial charge in [-0.05, 0) is 30.3 Å². The van der Waals surface area contributed by atoms with Crippen LogP contribution in [-0.4, -0.2) is 36.3 Å². The molecule has 0 radical (unpaired) electrons. The molecule has 1 N–H and O–H groups in total. The van der Waals surface area contributed by atoms with Gasteiger partial charge in [0.15, 0.2) is 0 Å². The van der Waals surface area contributed by atoms with Crippen molar-refractivity contribution in [2.45, 2.75) is 0 Å². The summed E-state index contributed by atoms with van der Waals surface area (Å²) in [5.41, 5.74) is 2.23. The van der Waals surface area contributed by atoms with Crippen LogP contribution in [0.1, 0.15) is 0 Å². The van der Waals surface area contributed by atoms with E-state index in [0.717, 1.165) is 23.3 Å². The molecule has 0 aliphatic carbocycles. The number of methoxy groups -OCH3 is 1. The van der Waals surface area contributed by atoms with Crippen LogP contribution < -0.4 is 9.46 Å². The fourth-order valence-corrected chi connectivity index (χ4v) is 2.85. The minimum atomic E-state index is -3.29. The van der Waals surface area contributed by atoms with Gasteiger partial charge in [-0.2, -0.15) is 0 Å². The molecule has 0 unspecified atom stereocenters. The number of aromatic nitrogens is 3. The first kappa shape index (κ1) is 16.0. The molecular formula is C16H16N4O3S. The average Bonchev–Trinajstić information content (AvgIpc) is 3.04. The maximum atomic E-state index is 11.3. The van der Waals surface area contributed by atoms with Crippen LogP contribution in [0.2, 0.25) is 0 Å². The van der Waals surface area contributed by atoms with Gasteiger partial charge in [-0.25, -0.2) is 18.4 Å². The van der Waals surface area contributed by atoms with Gasteiger partial charge < -0.3 is 4.74 Å². The van der Waals surface area contributed by atoms with Crippen molar-refractivity contribution in [2.75, 3.05) is 18.1 Å². The largest absolute Gasteiger partial charge is 0.481 e. The van der Waals surface area contributed by atoms with E-state index in [1.807, 2.05) is 29.0 Å². The third kappa shape index (κ3) is 3.54. The first-order valence-electron chi connectivity index (χ1n) is 7.08. The standard InChI is InChI=1S/C16H16N4O3S/c1-23-15-11-12(7-8-17-15)16-18-9-10-20(16)14-5-3-13(4-6-14)19-24(2,21)22/h3-11,19H,1-2H3. The average molecular weight is 344 g/mol. The lowest BCUT2D eigenvalue weighted by Gasteiger charge is -2.10. The Bertz CT molecular complexity index is 949. The number of hydrogen-bond acceptors (Lipinski definition) is 5.